The van der Waals surface area contributed by atoms with Gasteiger partial charge in [0.05, 0.1) is 16.4 Å². The number of imidazole rings is 1. The molecule has 4 nitrogen and oxygen atoms in total. The largest absolute Gasteiger partial charge is 0.370 e. The lowest BCUT2D eigenvalue weighted by molar-refractivity contribution is -0.118. The number of hydrogen-bond donors (Lipinski definition) is 1. The summed E-state index contributed by atoms with van der Waals surface area (Å²) in [5, 5.41) is -0.204. The summed E-state index contributed by atoms with van der Waals surface area (Å²) in [7, 11) is 0. The van der Waals surface area contributed by atoms with Gasteiger partial charge in [0.1, 0.15) is 5.82 Å². The van der Waals surface area contributed by atoms with Crippen LogP contribution in [-0.4, -0.2) is 15.5 Å². The van der Waals surface area contributed by atoms with Crippen molar-refractivity contribution in [3.05, 3.63) is 29.6 Å². The number of rotatable bonds is 4. The lowest BCUT2D eigenvalue weighted by Crippen LogP contribution is -2.15. The van der Waals surface area contributed by atoms with E-state index in [9.17, 15) is 4.79 Å². The summed E-state index contributed by atoms with van der Waals surface area (Å²) >= 11 is 6.15. The fraction of sp³-hybridized carbons (Fsp3) is 0.385. The van der Waals surface area contributed by atoms with Gasteiger partial charge in [0.2, 0.25) is 5.91 Å². The molecule has 1 aromatic heterocycles. The first-order valence-electron chi connectivity index (χ1n) is 5.89. The maximum atomic E-state index is 10.9. The molecule has 0 radical (unpaired) electrons. The van der Waals surface area contributed by atoms with E-state index in [1.54, 1.807) is 0 Å². The number of para-hydroxylation sites is 1. The van der Waals surface area contributed by atoms with Gasteiger partial charge in [-0.25, -0.2) is 4.98 Å². The summed E-state index contributed by atoms with van der Waals surface area (Å²) < 4.78 is 1.98. The number of carbonyl (C=O) groups is 1. The van der Waals surface area contributed by atoms with Crippen molar-refractivity contribution in [1.82, 2.24) is 9.55 Å². The number of carbonyl (C=O) groups excluding carboxylic acids is 1. The Kier molecular flexibility index (Phi) is 3.57. The molecule has 2 aromatic rings. The molecular formula is C13H16ClN3O. The van der Waals surface area contributed by atoms with Crippen LogP contribution in [0.4, 0.5) is 0 Å². The first kappa shape index (κ1) is 12.9. The number of halogens is 1. The number of aromatic nitrogens is 2. The van der Waals surface area contributed by atoms with Gasteiger partial charge in [-0.3, -0.25) is 4.79 Å². The zero-order valence-electron chi connectivity index (χ0n) is 10.5. The second-order valence-corrected chi connectivity index (χ2v) is 5.05. The lowest BCUT2D eigenvalue weighted by atomic mass is 10.2. The number of nitrogens with zero attached hydrogens (tertiary/aromatic N) is 2. The van der Waals surface area contributed by atoms with Crippen molar-refractivity contribution in [3.8, 4) is 0 Å². The minimum Gasteiger partial charge on any atom is -0.370 e. The molecule has 0 aliphatic heterocycles. The van der Waals surface area contributed by atoms with E-state index in [-0.39, 0.29) is 17.7 Å². The van der Waals surface area contributed by atoms with Crippen LogP contribution in [-0.2, 0) is 11.3 Å². The number of alkyl halides is 1. The van der Waals surface area contributed by atoms with Gasteiger partial charge in [0.15, 0.2) is 0 Å². The molecule has 1 aromatic carbocycles. The van der Waals surface area contributed by atoms with Crippen LogP contribution >= 0.6 is 11.6 Å². The highest BCUT2D eigenvalue weighted by Gasteiger charge is 2.16. The lowest BCUT2D eigenvalue weighted by Gasteiger charge is -2.09. The van der Waals surface area contributed by atoms with Gasteiger partial charge >= 0.3 is 0 Å². The summed E-state index contributed by atoms with van der Waals surface area (Å²) in [6.45, 7) is 4.40. The second kappa shape index (κ2) is 4.98. The number of amides is 1. The van der Waals surface area contributed by atoms with Crippen molar-refractivity contribution >= 4 is 28.5 Å². The third-order valence-electron chi connectivity index (χ3n) is 2.95. The number of fused-ring (bicyclic) bond motifs is 1. The normalized spacial score (nSPS) is 12.8. The molecule has 1 heterocycles. The Hall–Kier alpha value is -1.55. The molecule has 18 heavy (non-hydrogen) atoms. The first-order chi connectivity index (χ1) is 8.50. The Labute approximate surface area is 111 Å². The van der Waals surface area contributed by atoms with Crippen LogP contribution in [0.1, 0.15) is 30.1 Å². The van der Waals surface area contributed by atoms with Crippen molar-refractivity contribution in [1.29, 1.82) is 0 Å². The Morgan fingerprint density at radius 1 is 1.56 bits per heavy atom. The standard InChI is InChI=1S/C13H16ClN3O/c1-8-4-3-5-10-12(8)16-13(9(2)14)17(10)7-6-11(15)18/h3-5,9H,6-7H2,1-2H3,(H2,15,18). The third kappa shape index (κ3) is 2.34. The van der Waals surface area contributed by atoms with E-state index < -0.39 is 0 Å². The predicted octanol–water partition coefficient (Wildman–Crippen LogP) is 2.52. The fourth-order valence-corrected chi connectivity index (χ4v) is 2.23. The Morgan fingerprint density at radius 3 is 2.89 bits per heavy atom. The molecule has 0 aliphatic carbocycles. The summed E-state index contributed by atoms with van der Waals surface area (Å²) in [5.41, 5.74) is 8.24. The molecule has 1 unspecified atom stereocenters. The molecule has 1 atom stereocenters. The average Bonchev–Trinajstić information content (AvgIpc) is 2.66. The van der Waals surface area contributed by atoms with E-state index in [4.69, 9.17) is 17.3 Å². The van der Waals surface area contributed by atoms with Crippen LogP contribution in [0.2, 0.25) is 0 Å². The predicted molar refractivity (Wildman–Crippen MR) is 72.5 cm³/mol. The van der Waals surface area contributed by atoms with Gasteiger partial charge in [0, 0.05) is 13.0 Å². The molecule has 96 valence electrons. The number of nitrogens with two attached hydrogens (primary N) is 1. The third-order valence-corrected chi connectivity index (χ3v) is 3.14. The van der Waals surface area contributed by atoms with Crippen LogP contribution in [0.3, 0.4) is 0 Å². The van der Waals surface area contributed by atoms with Crippen molar-refractivity contribution in [3.63, 3.8) is 0 Å². The molecule has 0 bridgehead atoms. The van der Waals surface area contributed by atoms with Crippen molar-refractivity contribution < 1.29 is 4.79 Å². The molecule has 0 spiro atoms. The molecule has 5 heteroatoms. The van der Waals surface area contributed by atoms with Crippen LogP contribution < -0.4 is 5.73 Å². The Morgan fingerprint density at radius 2 is 2.28 bits per heavy atom. The fourth-order valence-electron chi connectivity index (χ4n) is 2.07. The molecule has 0 aliphatic rings. The minimum absolute atomic E-state index is 0.204. The van der Waals surface area contributed by atoms with E-state index in [0.29, 0.717) is 6.54 Å². The Bertz CT molecular complexity index is 589. The molecule has 1 amide bonds. The van der Waals surface area contributed by atoms with Crippen molar-refractivity contribution in [2.45, 2.75) is 32.2 Å². The van der Waals surface area contributed by atoms with Gasteiger partial charge in [-0.15, -0.1) is 11.6 Å². The highest BCUT2D eigenvalue weighted by molar-refractivity contribution is 6.20. The number of aryl methyl sites for hydroxylation is 2. The van der Waals surface area contributed by atoms with Crippen LogP contribution in [0, 0.1) is 6.92 Å². The minimum atomic E-state index is -0.322. The molecule has 2 N–H and O–H groups in total. The zero-order chi connectivity index (χ0) is 13.3. The van der Waals surface area contributed by atoms with Gasteiger partial charge in [-0.2, -0.15) is 0 Å². The highest BCUT2D eigenvalue weighted by atomic mass is 35.5. The van der Waals surface area contributed by atoms with Crippen LogP contribution in [0.5, 0.6) is 0 Å². The Balaban J connectivity index is 2.55. The molecule has 0 saturated heterocycles. The van der Waals surface area contributed by atoms with Crippen molar-refractivity contribution in [2.24, 2.45) is 5.73 Å². The molecule has 0 fully saturated rings. The highest BCUT2D eigenvalue weighted by Crippen LogP contribution is 2.26. The van der Waals surface area contributed by atoms with E-state index in [2.05, 4.69) is 4.98 Å². The van der Waals surface area contributed by atoms with E-state index in [0.717, 1.165) is 22.4 Å². The summed E-state index contributed by atoms with van der Waals surface area (Å²) in [6, 6.07) is 5.97. The summed E-state index contributed by atoms with van der Waals surface area (Å²) in [5.74, 6) is 0.458. The quantitative estimate of drug-likeness (QED) is 0.864. The number of primary amides is 1. The first-order valence-corrected chi connectivity index (χ1v) is 6.32. The molecule has 2 rings (SSSR count). The maximum absolute atomic E-state index is 10.9. The van der Waals surface area contributed by atoms with Crippen molar-refractivity contribution in [2.75, 3.05) is 0 Å². The van der Waals surface area contributed by atoms with E-state index in [1.807, 2.05) is 36.6 Å². The second-order valence-electron chi connectivity index (χ2n) is 4.40. The zero-order valence-corrected chi connectivity index (χ0v) is 11.2. The smallest absolute Gasteiger partial charge is 0.219 e. The van der Waals surface area contributed by atoms with Crippen LogP contribution in [0.25, 0.3) is 11.0 Å². The SMILES string of the molecule is Cc1cccc2c1nc(C(C)Cl)n2CCC(N)=O. The van der Waals surface area contributed by atoms with E-state index >= 15 is 0 Å². The van der Waals surface area contributed by atoms with Gasteiger partial charge in [0.25, 0.3) is 0 Å². The van der Waals surface area contributed by atoms with Gasteiger partial charge < -0.3 is 10.3 Å². The topological polar surface area (TPSA) is 60.9 Å². The van der Waals surface area contributed by atoms with E-state index in [1.165, 1.54) is 0 Å². The van der Waals surface area contributed by atoms with Gasteiger partial charge in [-0.1, -0.05) is 12.1 Å². The summed E-state index contributed by atoms with van der Waals surface area (Å²) in [4.78, 5) is 15.5. The number of benzene rings is 1. The average molecular weight is 266 g/mol. The van der Waals surface area contributed by atoms with Crippen LogP contribution in [0.15, 0.2) is 18.2 Å². The molecular weight excluding hydrogens is 250 g/mol. The summed E-state index contributed by atoms with van der Waals surface area (Å²) in [6.07, 6.45) is 0.288. The maximum Gasteiger partial charge on any atom is 0.219 e. The molecule has 0 saturated carbocycles. The number of hydrogen-bond acceptors (Lipinski definition) is 2. The van der Waals surface area contributed by atoms with Gasteiger partial charge in [-0.05, 0) is 25.5 Å². The monoisotopic (exact) mass is 265 g/mol.